The lowest BCUT2D eigenvalue weighted by atomic mass is 9.81. The number of piperidine rings is 1. The summed E-state index contributed by atoms with van der Waals surface area (Å²) in [4.78, 5) is 11.0. The minimum absolute atomic E-state index is 0.214. The van der Waals surface area contributed by atoms with E-state index in [1.807, 2.05) is 0 Å². The third-order valence-corrected chi connectivity index (χ3v) is 4.89. The van der Waals surface area contributed by atoms with Crippen LogP contribution in [0.1, 0.15) is 19.8 Å². The van der Waals surface area contributed by atoms with Gasteiger partial charge < -0.3 is 9.84 Å². The first-order valence-corrected chi connectivity index (χ1v) is 7.23. The van der Waals surface area contributed by atoms with Crippen molar-refractivity contribution in [1.29, 1.82) is 0 Å². The first-order valence-electron chi connectivity index (χ1n) is 5.79. The summed E-state index contributed by atoms with van der Waals surface area (Å²) < 4.78 is 32.2. The van der Waals surface area contributed by atoms with E-state index >= 15 is 0 Å². The van der Waals surface area contributed by atoms with Crippen LogP contribution in [-0.4, -0.2) is 57.1 Å². The van der Waals surface area contributed by atoms with Crippen molar-refractivity contribution in [3.63, 3.8) is 0 Å². The van der Waals surface area contributed by atoms with Gasteiger partial charge in [0, 0.05) is 26.7 Å². The molecule has 1 saturated heterocycles. The molecule has 2 N–H and O–H groups in total. The maximum Gasteiger partial charge on any atom is 0.309 e. The predicted octanol–water partition coefficient (Wildman–Crippen LogP) is -0.346. The molecule has 1 aliphatic heterocycles. The number of carbonyl (C=O) groups is 1. The molecule has 0 aliphatic carbocycles. The first-order chi connectivity index (χ1) is 8.32. The lowest BCUT2D eigenvalue weighted by molar-refractivity contribution is -0.150. The van der Waals surface area contributed by atoms with Crippen molar-refractivity contribution in [1.82, 2.24) is 9.03 Å². The van der Waals surface area contributed by atoms with Gasteiger partial charge in [-0.2, -0.15) is 17.4 Å². The summed E-state index contributed by atoms with van der Waals surface area (Å²) in [5.41, 5.74) is -0.821. The molecule has 0 bridgehead atoms. The van der Waals surface area contributed by atoms with E-state index in [-0.39, 0.29) is 19.6 Å². The molecule has 1 aliphatic rings. The van der Waals surface area contributed by atoms with Crippen LogP contribution in [0.3, 0.4) is 0 Å². The molecule has 1 fully saturated rings. The Bertz CT molecular complexity index is 387. The average Bonchev–Trinajstić information content (AvgIpc) is 2.29. The molecule has 0 aromatic rings. The molecule has 0 spiro atoms. The largest absolute Gasteiger partial charge is 0.481 e. The molecule has 0 aromatic carbocycles. The lowest BCUT2D eigenvalue weighted by Crippen LogP contribution is -2.49. The highest BCUT2D eigenvalue weighted by atomic mass is 32.2. The number of carboxylic acids is 1. The van der Waals surface area contributed by atoms with Crippen molar-refractivity contribution in [3.05, 3.63) is 0 Å². The Labute approximate surface area is 107 Å². The van der Waals surface area contributed by atoms with E-state index in [0.717, 1.165) is 0 Å². The lowest BCUT2D eigenvalue weighted by Gasteiger charge is -2.35. The molecule has 0 amide bonds. The zero-order valence-electron chi connectivity index (χ0n) is 10.7. The molecule has 18 heavy (non-hydrogen) atoms. The van der Waals surface area contributed by atoms with Crippen LogP contribution in [0.2, 0.25) is 0 Å². The molecule has 0 unspecified atom stereocenters. The van der Waals surface area contributed by atoms with E-state index in [1.165, 1.54) is 11.4 Å². The van der Waals surface area contributed by atoms with Crippen molar-refractivity contribution < 1.29 is 23.1 Å². The Morgan fingerprint density at radius 1 is 1.44 bits per heavy atom. The second kappa shape index (κ2) is 5.96. The predicted molar refractivity (Wildman–Crippen MR) is 65.3 cm³/mol. The number of ether oxygens (including phenoxy) is 1. The third kappa shape index (κ3) is 3.64. The number of carboxylic acid groups (broad SMARTS) is 1. The van der Waals surface area contributed by atoms with Gasteiger partial charge in [-0.1, -0.05) is 0 Å². The van der Waals surface area contributed by atoms with Crippen LogP contribution in [0.25, 0.3) is 0 Å². The van der Waals surface area contributed by atoms with E-state index in [4.69, 9.17) is 9.84 Å². The number of nitrogens with zero attached hydrogens (tertiary/aromatic N) is 1. The quantitative estimate of drug-likeness (QED) is 0.649. The summed E-state index contributed by atoms with van der Waals surface area (Å²) in [6, 6.07) is 0. The van der Waals surface area contributed by atoms with E-state index in [0.29, 0.717) is 19.4 Å². The highest BCUT2D eigenvalue weighted by molar-refractivity contribution is 7.87. The second-order valence-electron chi connectivity index (χ2n) is 4.66. The van der Waals surface area contributed by atoms with Gasteiger partial charge in [0.25, 0.3) is 10.2 Å². The minimum atomic E-state index is -3.52. The van der Waals surface area contributed by atoms with Crippen molar-refractivity contribution in [2.24, 2.45) is 5.41 Å². The van der Waals surface area contributed by atoms with Gasteiger partial charge >= 0.3 is 5.97 Å². The number of hydrogen-bond acceptors (Lipinski definition) is 4. The normalized spacial score (nSPS) is 20.8. The van der Waals surface area contributed by atoms with Gasteiger partial charge in [0.05, 0.1) is 12.0 Å². The molecule has 0 aromatic heterocycles. The molecule has 1 rings (SSSR count). The molecule has 0 radical (unpaired) electrons. The summed E-state index contributed by atoms with van der Waals surface area (Å²) >= 11 is 0. The van der Waals surface area contributed by atoms with Crippen molar-refractivity contribution in [2.45, 2.75) is 19.8 Å². The minimum Gasteiger partial charge on any atom is -0.481 e. The van der Waals surface area contributed by atoms with Gasteiger partial charge in [-0.3, -0.25) is 4.79 Å². The van der Waals surface area contributed by atoms with Crippen molar-refractivity contribution in [2.75, 3.05) is 33.4 Å². The maximum absolute atomic E-state index is 11.9. The number of nitrogens with one attached hydrogen (secondary N) is 1. The van der Waals surface area contributed by atoms with Gasteiger partial charge in [-0.05, 0) is 19.8 Å². The smallest absolute Gasteiger partial charge is 0.309 e. The van der Waals surface area contributed by atoms with Gasteiger partial charge in [0.15, 0.2) is 0 Å². The molecule has 0 saturated carbocycles. The fourth-order valence-electron chi connectivity index (χ4n) is 1.80. The van der Waals surface area contributed by atoms with E-state index in [9.17, 15) is 13.2 Å². The van der Waals surface area contributed by atoms with Crippen molar-refractivity contribution in [3.8, 4) is 0 Å². The Morgan fingerprint density at radius 2 is 2.00 bits per heavy atom. The van der Waals surface area contributed by atoms with Crippen LogP contribution in [-0.2, 0) is 19.7 Å². The molecular formula is C10H20N2O5S. The maximum atomic E-state index is 11.9. The van der Waals surface area contributed by atoms with E-state index in [1.54, 1.807) is 6.92 Å². The third-order valence-electron chi connectivity index (χ3n) is 3.27. The standard InChI is InChI=1S/C10H20N2O5S/c1-10(9(13)14)3-6-12(7-4-10)18(15,16)11-5-8-17-2/h11H,3-8H2,1-2H3,(H,13,14). The monoisotopic (exact) mass is 280 g/mol. The SMILES string of the molecule is COCCNS(=O)(=O)N1CCC(C)(C(=O)O)CC1. The summed E-state index contributed by atoms with van der Waals surface area (Å²) in [6.45, 7) is 2.62. The summed E-state index contributed by atoms with van der Waals surface area (Å²) in [7, 11) is -2.03. The first kappa shape index (κ1) is 15.4. The highest BCUT2D eigenvalue weighted by Gasteiger charge is 2.39. The Hall–Kier alpha value is -0.700. The molecule has 1 heterocycles. The fourth-order valence-corrected chi connectivity index (χ4v) is 2.99. The van der Waals surface area contributed by atoms with Gasteiger partial charge in [0.1, 0.15) is 0 Å². The number of rotatable bonds is 6. The number of hydrogen-bond donors (Lipinski definition) is 2. The molecule has 0 atom stereocenters. The van der Waals surface area contributed by atoms with Gasteiger partial charge in [-0.15, -0.1) is 0 Å². The average molecular weight is 280 g/mol. The summed E-state index contributed by atoms with van der Waals surface area (Å²) in [6.07, 6.45) is 0.654. The highest BCUT2D eigenvalue weighted by Crippen LogP contribution is 2.31. The topological polar surface area (TPSA) is 95.9 Å². The Balaban J connectivity index is 2.54. The number of aliphatic carboxylic acids is 1. The Morgan fingerprint density at radius 3 is 2.44 bits per heavy atom. The van der Waals surface area contributed by atoms with Crippen LogP contribution < -0.4 is 4.72 Å². The van der Waals surface area contributed by atoms with Crippen LogP contribution in [0.5, 0.6) is 0 Å². The fraction of sp³-hybridized carbons (Fsp3) is 0.900. The zero-order valence-corrected chi connectivity index (χ0v) is 11.5. The van der Waals surface area contributed by atoms with Crippen LogP contribution in [0.15, 0.2) is 0 Å². The van der Waals surface area contributed by atoms with E-state index in [2.05, 4.69) is 4.72 Å². The molecule has 8 heteroatoms. The molecule has 7 nitrogen and oxygen atoms in total. The van der Waals surface area contributed by atoms with Crippen LogP contribution >= 0.6 is 0 Å². The van der Waals surface area contributed by atoms with E-state index < -0.39 is 21.6 Å². The van der Waals surface area contributed by atoms with Gasteiger partial charge in [-0.25, -0.2) is 0 Å². The second-order valence-corrected chi connectivity index (χ2v) is 6.41. The summed E-state index contributed by atoms with van der Waals surface area (Å²) in [5.74, 6) is -0.869. The summed E-state index contributed by atoms with van der Waals surface area (Å²) in [5, 5.41) is 9.06. The zero-order chi connectivity index (χ0) is 13.8. The van der Waals surface area contributed by atoms with Crippen molar-refractivity contribution >= 4 is 16.2 Å². The molecular weight excluding hydrogens is 260 g/mol. The Kier molecular flexibility index (Phi) is 5.09. The van der Waals surface area contributed by atoms with Gasteiger partial charge in [0.2, 0.25) is 0 Å². The van der Waals surface area contributed by atoms with Crippen LogP contribution in [0.4, 0.5) is 0 Å². The molecule has 106 valence electrons. The van der Waals surface area contributed by atoms with Crippen LogP contribution in [0, 0.1) is 5.41 Å². The number of methoxy groups -OCH3 is 1.